The zero-order valence-electron chi connectivity index (χ0n) is 16.5. The first kappa shape index (κ1) is 23.2. The van der Waals surface area contributed by atoms with Crippen molar-refractivity contribution in [3.63, 3.8) is 0 Å². The number of nitrogens with zero attached hydrogens (tertiary/aromatic N) is 2. The summed E-state index contributed by atoms with van der Waals surface area (Å²) in [6.07, 6.45) is 1.56. The van der Waals surface area contributed by atoms with Crippen molar-refractivity contribution in [1.29, 1.82) is 0 Å². The number of hydrogen-bond donors (Lipinski definition) is 3. The van der Waals surface area contributed by atoms with E-state index < -0.39 is 5.41 Å². The Bertz CT molecular complexity index is 673. The van der Waals surface area contributed by atoms with Gasteiger partial charge in [0.15, 0.2) is 5.96 Å². The smallest absolute Gasteiger partial charge is 0.227 e. The maximum absolute atomic E-state index is 11.8. The van der Waals surface area contributed by atoms with Crippen molar-refractivity contribution in [2.45, 2.75) is 33.2 Å². The summed E-state index contributed by atoms with van der Waals surface area (Å²) in [5.41, 5.74) is 1.51. The summed E-state index contributed by atoms with van der Waals surface area (Å²) in [7, 11) is 3.33. The van der Waals surface area contributed by atoms with Gasteiger partial charge in [0.05, 0.1) is 5.41 Å². The first-order valence-corrected chi connectivity index (χ1v) is 8.93. The highest BCUT2D eigenvalue weighted by molar-refractivity contribution is 14.0. The zero-order chi connectivity index (χ0) is 19.2. The van der Waals surface area contributed by atoms with E-state index in [4.69, 9.17) is 0 Å². The summed E-state index contributed by atoms with van der Waals surface area (Å²) >= 11 is 0. The Morgan fingerprint density at radius 3 is 2.41 bits per heavy atom. The number of guanidine groups is 1. The normalized spacial score (nSPS) is 14.6. The van der Waals surface area contributed by atoms with E-state index in [0.717, 1.165) is 24.2 Å². The lowest BCUT2D eigenvalue weighted by Gasteiger charge is -2.24. The number of aliphatic imine (C=N–C) groups is 1. The lowest BCUT2D eigenvalue weighted by Crippen LogP contribution is -2.47. The van der Waals surface area contributed by atoms with Crippen molar-refractivity contribution in [2.24, 2.45) is 10.4 Å². The Labute approximate surface area is 178 Å². The van der Waals surface area contributed by atoms with E-state index in [2.05, 4.69) is 20.9 Å². The number of benzene rings is 1. The Morgan fingerprint density at radius 1 is 1.22 bits per heavy atom. The van der Waals surface area contributed by atoms with Crippen LogP contribution in [0, 0.1) is 5.41 Å². The molecule has 0 bridgehead atoms. The van der Waals surface area contributed by atoms with Gasteiger partial charge in [-0.2, -0.15) is 0 Å². The van der Waals surface area contributed by atoms with Crippen LogP contribution in [0.15, 0.2) is 29.3 Å². The summed E-state index contributed by atoms with van der Waals surface area (Å²) in [5, 5.41) is 9.09. The molecule has 0 spiro atoms. The molecule has 0 radical (unpaired) electrons. The van der Waals surface area contributed by atoms with Gasteiger partial charge in [-0.1, -0.05) is 12.1 Å². The summed E-state index contributed by atoms with van der Waals surface area (Å²) in [6.45, 7) is 5.64. The van der Waals surface area contributed by atoms with Crippen LogP contribution in [0.3, 0.4) is 0 Å². The van der Waals surface area contributed by atoms with Crippen LogP contribution in [0.4, 0.5) is 5.69 Å². The summed E-state index contributed by atoms with van der Waals surface area (Å²) in [6, 6.07) is 7.97. The minimum atomic E-state index is -0.531. The summed E-state index contributed by atoms with van der Waals surface area (Å²) in [5.74, 6) is 0.812. The molecule has 150 valence electrons. The van der Waals surface area contributed by atoms with Gasteiger partial charge in [0, 0.05) is 45.8 Å². The molecule has 1 saturated heterocycles. The Kier molecular flexibility index (Phi) is 9.01. The van der Waals surface area contributed by atoms with Crippen LogP contribution in [-0.4, -0.2) is 45.0 Å². The second kappa shape index (κ2) is 10.5. The maximum atomic E-state index is 11.8. The van der Waals surface area contributed by atoms with Crippen LogP contribution >= 0.6 is 24.0 Å². The Balaban J connectivity index is 0.00000364. The van der Waals surface area contributed by atoms with Crippen LogP contribution in [0.1, 0.15) is 32.3 Å². The molecule has 1 fully saturated rings. The molecule has 0 aromatic heterocycles. The lowest BCUT2D eigenvalue weighted by atomic mass is 9.92. The molecule has 0 atom stereocenters. The highest BCUT2D eigenvalue weighted by atomic mass is 127. The van der Waals surface area contributed by atoms with Crippen LogP contribution in [0.25, 0.3) is 0 Å². The molecule has 27 heavy (non-hydrogen) atoms. The van der Waals surface area contributed by atoms with E-state index in [-0.39, 0.29) is 35.8 Å². The fraction of sp³-hybridized carbons (Fsp3) is 0.526. The number of carbonyl (C=O) groups is 2. The van der Waals surface area contributed by atoms with E-state index in [1.807, 2.05) is 43.0 Å². The second-order valence-corrected chi connectivity index (χ2v) is 7.06. The second-order valence-electron chi connectivity index (χ2n) is 7.06. The standard InChI is InChI=1S/C19H29N5O2.HI/c1-19(2,17(26)20-3)13-23-18(21-4)22-12-14-7-9-15(10-8-14)24-11-5-6-16(24)25;/h7-10H,5-6,11-13H2,1-4H3,(H,20,26)(H2,21,22,23);1H. The average molecular weight is 487 g/mol. The van der Waals surface area contributed by atoms with E-state index in [1.165, 1.54) is 0 Å². The van der Waals surface area contributed by atoms with Crippen molar-refractivity contribution in [3.05, 3.63) is 29.8 Å². The Hall–Kier alpha value is -1.84. The largest absolute Gasteiger partial charge is 0.359 e. The number of rotatable bonds is 6. The minimum absolute atomic E-state index is 0. The van der Waals surface area contributed by atoms with Crippen molar-refractivity contribution in [1.82, 2.24) is 16.0 Å². The quantitative estimate of drug-likeness (QED) is 0.325. The highest BCUT2D eigenvalue weighted by Gasteiger charge is 2.26. The molecule has 1 aromatic carbocycles. The average Bonchev–Trinajstić information content (AvgIpc) is 3.07. The Morgan fingerprint density at radius 2 is 1.89 bits per heavy atom. The van der Waals surface area contributed by atoms with Gasteiger partial charge in [-0.15, -0.1) is 24.0 Å². The van der Waals surface area contributed by atoms with Gasteiger partial charge < -0.3 is 20.9 Å². The number of amides is 2. The van der Waals surface area contributed by atoms with Crippen molar-refractivity contribution >= 4 is 47.4 Å². The number of nitrogens with one attached hydrogen (secondary N) is 3. The molecule has 1 aliphatic rings. The van der Waals surface area contributed by atoms with Gasteiger partial charge in [0.25, 0.3) is 0 Å². The molecule has 2 rings (SSSR count). The molecule has 1 aliphatic heterocycles. The predicted octanol–water partition coefficient (Wildman–Crippen LogP) is 1.87. The van der Waals surface area contributed by atoms with Gasteiger partial charge in [0.1, 0.15) is 0 Å². The highest BCUT2D eigenvalue weighted by Crippen LogP contribution is 2.21. The first-order valence-electron chi connectivity index (χ1n) is 8.93. The first-order chi connectivity index (χ1) is 12.4. The number of halogens is 1. The topological polar surface area (TPSA) is 85.8 Å². The lowest BCUT2D eigenvalue weighted by molar-refractivity contribution is -0.128. The molecule has 3 N–H and O–H groups in total. The molecule has 1 aromatic rings. The molecule has 8 heteroatoms. The monoisotopic (exact) mass is 487 g/mol. The van der Waals surface area contributed by atoms with E-state index in [1.54, 1.807) is 14.1 Å². The summed E-state index contributed by atoms with van der Waals surface area (Å²) in [4.78, 5) is 29.7. The predicted molar refractivity (Wildman–Crippen MR) is 119 cm³/mol. The zero-order valence-corrected chi connectivity index (χ0v) is 18.8. The van der Waals surface area contributed by atoms with Gasteiger partial charge in [-0.05, 0) is 38.0 Å². The van der Waals surface area contributed by atoms with Crippen molar-refractivity contribution < 1.29 is 9.59 Å². The number of anilines is 1. The van der Waals surface area contributed by atoms with Gasteiger partial charge in [-0.3, -0.25) is 14.6 Å². The molecule has 0 aliphatic carbocycles. The molecule has 2 amide bonds. The van der Waals surface area contributed by atoms with Crippen molar-refractivity contribution in [3.8, 4) is 0 Å². The van der Waals surface area contributed by atoms with Crippen LogP contribution in [0.2, 0.25) is 0 Å². The molecule has 0 unspecified atom stereocenters. The minimum Gasteiger partial charge on any atom is -0.359 e. The van der Waals surface area contributed by atoms with Crippen LogP contribution < -0.4 is 20.9 Å². The van der Waals surface area contributed by atoms with Crippen LogP contribution in [0.5, 0.6) is 0 Å². The number of carbonyl (C=O) groups excluding carboxylic acids is 2. The van der Waals surface area contributed by atoms with E-state index in [9.17, 15) is 9.59 Å². The van der Waals surface area contributed by atoms with Crippen LogP contribution in [-0.2, 0) is 16.1 Å². The summed E-state index contributed by atoms with van der Waals surface area (Å²) < 4.78 is 0. The molecule has 7 nitrogen and oxygen atoms in total. The van der Waals surface area contributed by atoms with E-state index in [0.29, 0.717) is 25.5 Å². The van der Waals surface area contributed by atoms with Crippen molar-refractivity contribution in [2.75, 3.05) is 32.1 Å². The fourth-order valence-corrected chi connectivity index (χ4v) is 2.84. The fourth-order valence-electron chi connectivity index (χ4n) is 2.84. The maximum Gasteiger partial charge on any atom is 0.227 e. The SMILES string of the molecule is CN=C(NCc1ccc(N2CCCC2=O)cc1)NCC(C)(C)C(=O)NC.I. The number of hydrogen-bond acceptors (Lipinski definition) is 3. The molecule has 0 saturated carbocycles. The third-order valence-electron chi connectivity index (χ3n) is 4.54. The van der Waals surface area contributed by atoms with Gasteiger partial charge >= 0.3 is 0 Å². The third kappa shape index (κ3) is 6.37. The van der Waals surface area contributed by atoms with E-state index >= 15 is 0 Å². The van der Waals surface area contributed by atoms with Gasteiger partial charge in [0.2, 0.25) is 11.8 Å². The van der Waals surface area contributed by atoms with Gasteiger partial charge in [-0.25, -0.2) is 0 Å². The third-order valence-corrected chi connectivity index (χ3v) is 4.54. The molecular formula is C19H30IN5O2. The molecule has 1 heterocycles. The molecular weight excluding hydrogens is 457 g/mol.